The molecule has 0 bridgehead atoms. The van der Waals surface area contributed by atoms with Crippen molar-refractivity contribution in [2.45, 2.75) is 102 Å². The molecule has 18 aromatic rings. The molecule has 0 aliphatic heterocycles. The number of aliphatic hydroxyl groups excluding tert-OH is 3. The summed E-state index contributed by atoms with van der Waals surface area (Å²) in [5.74, 6) is 2.24. The van der Waals surface area contributed by atoms with Crippen LogP contribution in [0.4, 0.5) is 37.3 Å². The topological polar surface area (TPSA) is 462 Å². The number of aromatic nitrogens is 26. The first kappa shape index (κ1) is 81.1. The molecule has 2 saturated carbocycles. The van der Waals surface area contributed by atoms with Crippen LogP contribution in [0, 0.1) is 17.7 Å². The van der Waals surface area contributed by atoms with E-state index in [1.54, 1.807) is 72.1 Å². The van der Waals surface area contributed by atoms with Crippen LogP contribution in [0.2, 0.25) is 0 Å². The predicted molar refractivity (Wildman–Crippen MR) is 457 cm³/mol. The van der Waals surface area contributed by atoms with Gasteiger partial charge < -0.3 is 36.6 Å². The van der Waals surface area contributed by atoms with Crippen LogP contribution in [0.3, 0.4) is 0 Å². The molecule has 20 rings (SSSR count). The van der Waals surface area contributed by atoms with Gasteiger partial charge in [-0.3, -0.25) is 29.3 Å². The number of benzene rings is 4. The third-order valence-corrected chi connectivity index (χ3v) is 20.9. The van der Waals surface area contributed by atoms with Crippen molar-refractivity contribution in [1.82, 2.24) is 138 Å². The van der Waals surface area contributed by atoms with Crippen LogP contribution in [0.15, 0.2) is 200 Å². The van der Waals surface area contributed by atoms with Gasteiger partial charge >= 0.3 is 12.1 Å². The summed E-state index contributed by atoms with van der Waals surface area (Å²) >= 11 is 1.36. The summed E-state index contributed by atoms with van der Waals surface area (Å²) in [5, 5.41) is 101. The van der Waals surface area contributed by atoms with E-state index in [2.05, 4.69) is 151 Å². The number of carbonyl (C=O) groups is 4. The number of amides is 6. The second-order valence-electron chi connectivity index (χ2n) is 29.8. The summed E-state index contributed by atoms with van der Waals surface area (Å²) in [6.45, 7) is 13.9. The average molecular weight is 1690 g/mol. The summed E-state index contributed by atoms with van der Waals surface area (Å²) in [4.78, 5) is 65.0. The summed E-state index contributed by atoms with van der Waals surface area (Å²) in [6, 6.07) is 42.0. The van der Waals surface area contributed by atoms with Crippen molar-refractivity contribution >= 4 is 126 Å². The molecule has 1 atom stereocenters. The fourth-order valence-corrected chi connectivity index (χ4v) is 14.0. The molecule has 0 spiro atoms. The number of nitrogens with one attached hydrogen (secondary N) is 6. The highest BCUT2D eigenvalue weighted by Crippen LogP contribution is 2.33. The molecule has 41 heteroatoms. The van der Waals surface area contributed by atoms with Crippen molar-refractivity contribution in [3.8, 4) is 22.3 Å². The minimum atomic E-state index is -1.04. The monoisotopic (exact) mass is 1690 g/mol. The molecule has 2 aliphatic rings. The highest BCUT2D eigenvalue weighted by molar-refractivity contribution is 7.99. The Labute approximate surface area is 706 Å². The van der Waals surface area contributed by atoms with Crippen molar-refractivity contribution in [3.63, 3.8) is 0 Å². The third-order valence-electron chi connectivity index (χ3n) is 20.0. The summed E-state index contributed by atoms with van der Waals surface area (Å²) < 4.78 is 29.2. The Kier molecular flexibility index (Phi) is 23.3. The third kappa shape index (κ3) is 19.0. The second kappa shape index (κ2) is 35.6. The van der Waals surface area contributed by atoms with Gasteiger partial charge in [-0.25, -0.2) is 66.0 Å². The SMILES string of the molecule is C=C(C)c1ccc2nnn(Cc3ccc4nc(NC(=O)C5CC5)cn4n3)c2c1.CC(C)c1ccc2nnn(Cc3ccc4nc(NC(=O)C5CC5)cn4n3)c2c1.CCNC(=O)Nc1cn2nc(Sc3nnc4ccc(-c5cnn(CCO)c5)cn34)ccc2n1.O=C(NCC(O)CO)Nc1cn2nc(Cn3nnc4ccc(-c5cccc(F)c5)cc43)ccc2n1. The molecule has 6 amide bonds. The van der Waals surface area contributed by atoms with Gasteiger partial charge in [0, 0.05) is 48.4 Å². The van der Waals surface area contributed by atoms with Gasteiger partial charge in [0.2, 0.25) is 17.0 Å². The molecule has 0 radical (unpaired) electrons. The number of anilines is 4. The van der Waals surface area contributed by atoms with Gasteiger partial charge in [-0.2, -0.15) is 25.5 Å². The number of pyridine rings is 1. The molecule has 4 aromatic carbocycles. The van der Waals surface area contributed by atoms with Gasteiger partial charge in [-0.1, -0.05) is 72.0 Å². The van der Waals surface area contributed by atoms with E-state index in [0.29, 0.717) is 106 Å². The highest BCUT2D eigenvalue weighted by Gasteiger charge is 2.31. The maximum absolute atomic E-state index is 13.7. The summed E-state index contributed by atoms with van der Waals surface area (Å²) in [7, 11) is 0. The number of carbonyl (C=O) groups excluding carboxylic acids is 4. The second-order valence-corrected chi connectivity index (χ2v) is 30.8. The van der Waals surface area contributed by atoms with Gasteiger partial charge in [-0.15, -0.1) is 25.5 Å². The van der Waals surface area contributed by atoms with E-state index in [-0.39, 0.29) is 54.5 Å². The quantitative estimate of drug-likeness (QED) is 0.0272. The highest BCUT2D eigenvalue weighted by atomic mass is 32.2. The Morgan fingerprint density at radius 2 is 1.02 bits per heavy atom. The summed E-state index contributed by atoms with van der Waals surface area (Å²) in [5.41, 5.74) is 17.5. The van der Waals surface area contributed by atoms with Crippen LogP contribution in [-0.4, -0.2) is 199 Å². The van der Waals surface area contributed by atoms with Crippen LogP contribution in [0.1, 0.15) is 87.5 Å². The van der Waals surface area contributed by atoms with Gasteiger partial charge in [0.1, 0.15) is 27.4 Å². The largest absolute Gasteiger partial charge is 0.394 e. The van der Waals surface area contributed by atoms with Crippen LogP contribution < -0.4 is 31.9 Å². The number of hydrogen-bond acceptors (Lipinski definition) is 25. The van der Waals surface area contributed by atoms with E-state index in [1.807, 2.05) is 137 Å². The number of halogens is 1. The molecule has 2 fully saturated rings. The van der Waals surface area contributed by atoms with Crippen LogP contribution in [0.5, 0.6) is 0 Å². The summed E-state index contributed by atoms with van der Waals surface area (Å²) in [6.07, 6.45) is 15.1. The molecule has 1 unspecified atom stereocenters. The lowest BCUT2D eigenvalue weighted by molar-refractivity contribution is -0.118. The molecule has 0 saturated heterocycles. The first-order valence-corrected chi connectivity index (χ1v) is 40.6. The van der Waals surface area contributed by atoms with Gasteiger partial charge in [0.15, 0.2) is 51.5 Å². The van der Waals surface area contributed by atoms with Gasteiger partial charge in [0.25, 0.3) is 0 Å². The van der Waals surface area contributed by atoms with Crippen LogP contribution in [-0.2, 0) is 35.8 Å². The number of hydrogen-bond donors (Lipinski definition) is 9. The molecular weight excluding hydrogens is 1610 g/mol. The van der Waals surface area contributed by atoms with E-state index in [1.165, 1.54) is 34.0 Å². The fraction of sp³-hybridized carbons (Fsp3) is 0.241. The van der Waals surface area contributed by atoms with Crippen molar-refractivity contribution in [2.24, 2.45) is 11.8 Å². The number of imidazole rings is 4. The van der Waals surface area contributed by atoms with Crippen molar-refractivity contribution < 1.29 is 38.9 Å². The van der Waals surface area contributed by atoms with Gasteiger partial charge in [0.05, 0.1) is 110 Å². The molecule has 2 aliphatic carbocycles. The van der Waals surface area contributed by atoms with Crippen LogP contribution in [0.25, 0.3) is 89.2 Å². The van der Waals surface area contributed by atoms with E-state index in [9.17, 15) is 28.7 Å². The number of allylic oxidation sites excluding steroid dienone is 1. The first-order chi connectivity index (χ1) is 60.2. The zero-order valence-corrected chi connectivity index (χ0v) is 68.0. The fourth-order valence-electron chi connectivity index (χ4n) is 13.2. The lowest BCUT2D eigenvalue weighted by Crippen LogP contribution is -2.36. The average Bonchev–Trinajstić information content (AvgIpc) is 1.65. The van der Waals surface area contributed by atoms with E-state index >= 15 is 0 Å². The molecule has 9 N–H and O–H groups in total. The maximum Gasteiger partial charge on any atom is 0.320 e. The smallest absolute Gasteiger partial charge is 0.320 e. The Morgan fingerprint density at radius 3 is 1.56 bits per heavy atom. The standard InChI is InChI=1S/C23H21FN8O3.C20H20N10O2S.C20H21N7O.C20H19N7O/c24-16-3-1-2-14(8-16)15-4-6-19-20(9-15)31(30-28-19)11-17-5-7-22-26-21(12-32(22)29-17)27-23(35)25-10-18(34)13-33;1-2-21-19(32)24-15-12-30-16(23-15)5-6-18(27-30)33-20-26-25-17-4-3-13(11-29(17)20)14-9-22-28(10-14)7-8-31;2*1-12(2)14-5-7-16-17(9-14)26(25-23-16)10-15-6-8-19-21-18(11-27(19)24-15)22-20(28)13-3-4-13/h1-9,12,18,33-34H,10-11,13H2,(H2,25,27,35);3-6,9-12,31H,2,7-8H2,1H3,(H2,21,24,32);5-9,11-13H,3-4,10H2,1-2H3,(H,22,28);5-9,11,13H,1,3-4,10H2,2H3,(H,22,28). The lowest BCUT2D eigenvalue weighted by atomic mass is 10.0. The first-order valence-electron chi connectivity index (χ1n) is 39.7. The number of aliphatic hydroxyl groups is 3. The molecule has 124 heavy (non-hydrogen) atoms. The Balaban J connectivity index is 0.000000118. The van der Waals surface area contributed by atoms with Gasteiger partial charge in [-0.05, 0) is 189 Å². The molecule has 14 heterocycles. The number of fused-ring (bicyclic) bond motifs is 8. The zero-order valence-electron chi connectivity index (χ0n) is 67.2. The minimum absolute atomic E-state index is 0.0319. The Hall–Kier alpha value is -15.2. The molecule has 14 aromatic heterocycles. The maximum atomic E-state index is 13.7. The minimum Gasteiger partial charge on any atom is -0.394 e. The van der Waals surface area contributed by atoms with E-state index in [4.69, 9.17) is 10.2 Å². The predicted octanol–water partition coefficient (Wildman–Crippen LogP) is 9.62. The normalized spacial score (nSPS) is 12.8. The Bertz CT molecular complexity index is 7030. The lowest BCUT2D eigenvalue weighted by Gasteiger charge is -2.08. The van der Waals surface area contributed by atoms with Crippen molar-refractivity contribution in [3.05, 3.63) is 224 Å². The molecule has 39 nitrogen and oxygen atoms in total. The van der Waals surface area contributed by atoms with E-state index in [0.717, 1.165) is 98.0 Å². The van der Waals surface area contributed by atoms with E-state index < -0.39 is 18.7 Å². The van der Waals surface area contributed by atoms with Crippen LogP contribution >= 0.6 is 11.8 Å². The Morgan fingerprint density at radius 1 is 0.524 bits per heavy atom. The number of rotatable bonds is 24. The van der Waals surface area contributed by atoms with Crippen molar-refractivity contribution in [1.29, 1.82) is 0 Å². The number of urea groups is 2. The van der Waals surface area contributed by atoms with Crippen molar-refractivity contribution in [2.75, 3.05) is 47.6 Å². The number of nitrogens with zero attached hydrogens (tertiary/aromatic N) is 26. The molecular formula is C83H81FN32O7S. The zero-order chi connectivity index (χ0) is 85.6. The molecule has 628 valence electrons.